The molecule has 1 heteroatoms. The first-order valence-electron chi connectivity index (χ1n) is 7.05. The summed E-state index contributed by atoms with van der Waals surface area (Å²) in [6.45, 7) is 6.03. The quantitative estimate of drug-likeness (QED) is 0.560. The second-order valence-corrected chi connectivity index (χ2v) is 5.57. The van der Waals surface area contributed by atoms with E-state index in [-0.39, 0.29) is 11.2 Å². The van der Waals surface area contributed by atoms with Gasteiger partial charge in [-0.05, 0) is 36.8 Å². The first-order valence-corrected chi connectivity index (χ1v) is 7.05. The predicted molar refractivity (Wildman–Crippen MR) is 80.1 cm³/mol. The van der Waals surface area contributed by atoms with Crippen molar-refractivity contribution in [1.82, 2.24) is 0 Å². The summed E-state index contributed by atoms with van der Waals surface area (Å²) in [5.41, 5.74) is 1.29. The molecule has 0 saturated carbocycles. The van der Waals surface area contributed by atoms with Gasteiger partial charge in [-0.3, -0.25) is 4.79 Å². The average Bonchev–Trinajstić information content (AvgIpc) is 2.44. The number of rotatable bonds is 5. The van der Waals surface area contributed by atoms with Gasteiger partial charge in [0.15, 0.2) is 5.78 Å². The molecule has 1 nitrogen and oxygen atoms in total. The van der Waals surface area contributed by atoms with Crippen molar-refractivity contribution < 1.29 is 4.79 Å². The Morgan fingerprint density at radius 1 is 1.37 bits per heavy atom. The van der Waals surface area contributed by atoms with Crippen LogP contribution in [0.5, 0.6) is 0 Å². The standard InChI is InChI=1S/C18H22O/c1-3-4-6-11-16-14-17(19)12-13-18(16,2)15-9-7-5-8-10-15/h3,5,7-10,12-13,16H,1,4,6,11,14H2,2H3/t16-,18+/m1/s1. The van der Waals surface area contributed by atoms with Gasteiger partial charge in [0.2, 0.25) is 0 Å². The topological polar surface area (TPSA) is 17.1 Å². The van der Waals surface area contributed by atoms with Crippen LogP contribution in [0.2, 0.25) is 0 Å². The van der Waals surface area contributed by atoms with Crippen molar-refractivity contribution in [3.63, 3.8) is 0 Å². The van der Waals surface area contributed by atoms with E-state index < -0.39 is 0 Å². The Morgan fingerprint density at radius 3 is 2.79 bits per heavy atom. The Balaban J connectivity index is 2.25. The first-order chi connectivity index (χ1) is 9.16. The molecule has 0 spiro atoms. The zero-order valence-electron chi connectivity index (χ0n) is 11.6. The van der Waals surface area contributed by atoms with Crippen LogP contribution in [0.15, 0.2) is 55.1 Å². The maximum atomic E-state index is 11.7. The van der Waals surface area contributed by atoms with E-state index in [0.29, 0.717) is 12.3 Å². The molecule has 1 aliphatic carbocycles. The van der Waals surface area contributed by atoms with Gasteiger partial charge in [-0.1, -0.05) is 49.4 Å². The van der Waals surface area contributed by atoms with E-state index in [9.17, 15) is 4.79 Å². The minimum atomic E-state index is -0.0175. The predicted octanol–water partition coefficient (Wildman–Crippen LogP) is 4.45. The highest BCUT2D eigenvalue weighted by atomic mass is 16.1. The third-order valence-corrected chi connectivity index (χ3v) is 4.27. The van der Waals surface area contributed by atoms with E-state index in [4.69, 9.17) is 0 Å². The number of ketones is 1. The number of hydrogen-bond donors (Lipinski definition) is 0. The summed E-state index contributed by atoms with van der Waals surface area (Å²) in [6.07, 6.45) is 9.70. The van der Waals surface area contributed by atoms with Crippen LogP contribution in [0.4, 0.5) is 0 Å². The molecule has 2 rings (SSSR count). The van der Waals surface area contributed by atoms with Gasteiger partial charge in [-0.2, -0.15) is 0 Å². The Kier molecular flexibility index (Phi) is 4.36. The lowest BCUT2D eigenvalue weighted by atomic mass is 9.65. The molecule has 0 unspecified atom stereocenters. The highest BCUT2D eigenvalue weighted by Gasteiger charge is 2.36. The van der Waals surface area contributed by atoms with Crippen LogP contribution in [0.3, 0.4) is 0 Å². The van der Waals surface area contributed by atoms with Gasteiger partial charge in [0.1, 0.15) is 0 Å². The molecule has 19 heavy (non-hydrogen) atoms. The third-order valence-electron chi connectivity index (χ3n) is 4.27. The zero-order chi connectivity index (χ0) is 13.7. The maximum absolute atomic E-state index is 11.7. The van der Waals surface area contributed by atoms with Gasteiger partial charge in [-0.25, -0.2) is 0 Å². The number of carbonyl (C=O) groups excluding carboxylic acids is 1. The lowest BCUT2D eigenvalue weighted by molar-refractivity contribution is -0.116. The van der Waals surface area contributed by atoms with Crippen LogP contribution in [-0.4, -0.2) is 5.78 Å². The van der Waals surface area contributed by atoms with Crippen molar-refractivity contribution in [3.8, 4) is 0 Å². The maximum Gasteiger partial charge on any atom is 0.155 e. The van der Waals surface area contributed by atoms with E-state index in [0.717, 1.165) is 19.3 Å². The van der Waals surface area contributed by atoms with Crippen LogP contribution >= 0.6 is 0 Å². The number of unbranched alkanes of at least 4 members (excludes halogenated alkanes) is 1. The molecule has 0 aromatic heterocycles. The van der Waals surface area contributed by atoms with Crippen LogP contribution in [-0.2, 0) is 10.2 Å². The van der Waals surface area contributed by atoms with Crippen molar-refractivity contribution in [3.05, 3.63) is 60.7 Å². The molecular weight excluding hydrogens is 232 g/mol. The summed E-state index contributed by atoms with van der Waals surface area (Å²) in [5, 5.41) is 0. The molecule has 100 valence electrons. The molecule has 0 N–H and O–H groups in total. The minimum Gasteiger partial charge on any atom is -0.295 e. The Hall–Kier alpha value is -1.63. The second-order valence-electron chi connectivity index (χ2n) is 5.57. The number of hydrogen-bond acceptors (Lipinski definition) is 1. The fraction of sp³-hybridized carbons (Fsp3) is 0.389. The van der Waals surface area contributed by atoms with E-state index in [1.54, 1.807) is 6.08 Å². The molecule has 0 bridgehead atoms. The number of allylic oxidation sites excluding steroid dienone is 3. The van der Waals surface area contributed by atoms with E-state index in [2.05, 4.69) is 43.8 Å². The molecule has 1 aromatic carbocycles. The molecule has 0 radical (unpaired) electrons. The molecule has 0 fully saturated rings. The SMILES string of the molecule is C=CCCC[C@@H]1CC(=O)C=C[C@@]1(C)c1ccccc1. The van der Waals surface area contributed by atoms with Gasteiger partial charge in [0.25, 0.3) is 0 Å². The number of benzene rings is 1. The summed E-state index contributed by atoms with van der Waals surface area (Å²) in [4.78, 5) is 11.7. The average molecular weight is 254 g/mol. The van der Waals surface area contributed by atoms with Gasteiger partial charge < -0.3 is 0 Å². The van der Waals surface area contributed by atoms with Crippen molar-refractivity contribution in [2.75, 3.05) is 0 Å². The molecule has 2 atom stereocenters. The Labute approximate surface area is 116 Å². The fourth-order valence-electron chi connectivity index (χ4n) is 2.96. The van der Waals surface area contributed by atoms with E-state index in [1.165, 1.54) is 5.56 Å². The molecule has 1 aromatic rings. The van der Waals surface area contributed by atoms with Crippen molar-refractivity contribution in [2.45, 2.75) is 38.0 Å². The van der Waals surface area contributed by atoms with Crippen LogP contribution < -0.4 is 0 Å². The first kappa shape index (κ1) is 13.8. The normalized spacial score (nSPS) is 26.4. The van der Waals surface area contributed by atoms with Gasteiger partial charge in [0.05, 0.1) is 0 Å². The van der Waals surface area contributed by atoms with Crippen molar-refractivity contribution in [2.24, 2.45) is 5.92 Å². The van der Waals surface area contributed by atoms with Gasteiger partial charge in [-0.15, -0.1) is 6.58 Å². The van der Waals surface area contributed by atoms with E-state index >= 15 is 0 Å². The van der Waals surface area contributed by atoms with Gasteiger partial charge >= 0.3 is 0 Å². The monoisotopic (exact) mass is 254 g/mol. The van der Waals surface area contributed by atoms with Crippen molar-refractivity contribution >= 4 is 5.78 Å². The van der Waals surface area contributed by atoms with Gasteiger partial charge in [0, 0.05) is 11.8 Å². The second kappa shape index (κ2) is 6.01. The molecule has 0 heterocycles. The van der Waals surface area contributed by atoms with Crippen molar-refractivity contribution in [1.29, 1.82) is 0 Å². The zero-order valence-corrected chi connectivity index (χ0v) is 11.6. The molecule has 0 aliphatic heterocycles. The number of carbonyl (C=O) groups is 1. The van der Waals surface area contributed by atoms with Crippen LogP contribution in [0.1, 0.15) is 38.2 Å². The smallest absolute Gasteiger partial charge is 0.155 e. The largest absolute Gasteiger partial charge is 0.295 e. The van der Waals surface area contributed by atoms with E-state index in [1.807, 2.05) is 12.1 Å². The third kappa shape index (κ3) is 3.04. The summed E-state index contributed by atoms with van der Waals surface area (Å²) in [7, 11) is 0. The summed E-state index contributed by atoms with van der Waals surface area (Å²) >= 11 is 0. The summed E-state index contributed by atoms with van der Waals surface area (Å²) in [5.74, 6) is 0.657. The summed E-state index contributed by atoms with van der Waals surface area (Å²) in [6, 6.07) is 10.5. The Morgan fingerprint density at radius 2 is 2.11 bits per heavy atom. The Bertz CT molecular complexity index is 472. The summed E-state index contributed by atoms with van der Waals surface area (Å²) < 4.78 is 0. The lowest BCUT2D eigenvalue weighted by Crippen LogP contribution is -2.34. The minimum absolute atomic E-state index is 0.0175. The lowest BCUT2D eigenvalue weighted by Gasteiger charge is -2.38. The van der Waals surface area contributed by atoms with Crippen LogP contribution in [0, 0.1) is 5.92 Å². The highest BCUT2D eigenvalue weighted by Crippen LogP contribution is 2.41. The fourth-order valence-corrected chi connectivity index (χ4v) is 2.96. The van der Waals surface area contributed by atoms with Crippen LogP contribution in [0.25, 0.3) is 0 Å². The molecule has 0 saturated heterocycles. The molecular formula is C18H22O. The molecule has 1 aliphatic rings. The molecule has 0 amide bonds. The highest BCUT2D eigenvalue weighted by molar-refractivity contribution is 5.91.